The molecule has 0 aliphatic heterocycles. The second-order valence-electron chi connectivity index (χ2n) is 13.6. The van der Waals surface area contributed by atoms with E-state index in [1.54, 1.807) is 0 Å². The largest absolute Gasteiger partial charge is 0.435 e. The van der Waals surface area contributed by atoms with Crippen molar-refractivity contribution in [2.45, 2.75) is 71.2 Å². The number of anilines is 3. The van der Waals surface area contributed by atoms with Crippen molar-refractivity contribution >= 4 is 34.6 Å². The molecule has 28 heteroatoms. The van der Waals surface area contributed by atoms with Crippen molar-refractivity contribution in [3.05, 3.63) is 125 Å². The highest BCUT2D eigenvalue weighted by Crippen LogP contribution is 2.55. The molecule has 4 N–H and O–H groups in total. The van der Waals surface area contributed by atoms with E-state index in [-0.39, 0.29) is 43.4 Å². The first kappa shape index (κ1) is 55.9. The van der Waals surface area contributed by atoms with Crippen molar-refractivity contribution in [1.82, 2.24) is 0 Å². The third-order valence-electron chi connectivity index (χ3n) is 9.24. The van der Waals surface area contributed by atoms with Crippen molar-refractivity contribution < 1.29 is 93.5 Å². The van der Waals surface area contributed by atoms with Gasteiger partial charge in [0.15, 0.2) is 11.4 Å². The third kappa shape index (κ3) is 10.1. The maximum Gasteiger partial charge on any atom is 0.435 e. The lowest BCUT2D eigenvalue weighted by Crippen LogP contribution is -2.50. The molecule has 0 spiro atoms. The van der Waals surface area contributed by atoms with E-state index in [0.717, 1.165) is 33.8 Å². The van der Waals surface area contributed by atoms with Crippen molar-refractivity contribution in [3.8, 4) is 12.1 Å². The highest BCUT2D eigenvalue weighted by atomic mass is 19.4. The number of halogens is 18. The quantitative estimate of drug-likeness (QED) is 0.0715. The number of nitrogens with two attached hydrogens (primary N) is 1. The molecular weight excluding hydrogens is 958 g/mol. The molecule has 2 amide bonds. The summed E-state index contributed by atoms with van der Waals surface area (Å²) in [6, 6.07) is 3.61. The van der Waals surface area contributed by atoms with E-state index in [2.05, 4.69) is 0 Å². The van der Waals surface area contributed by atoms with Crippen LogP contribution in [0.3, 0.4) is 0 Å². The Balaban J connectivity index is 0.000000454. The molecule has 4 aromatic carbocycles. The molecule has 4 aromatic rings. The summed E-state index contributed by atoms with van der Waals surface area (Å²) in [5.74, 6) is -9.30. The molecule has 0 radical (unpaired) electrons. The van der Waals surface area contributed by atoms with E-state index in [1.165, 1.54) is 6.07 Å². The number of alkyl halides is 14. The Labute approximate surface area is 363 Å². The second kappa shape index (κ2) is 18.9. The Bertz CT molecular complexity index is 2660. The topological polar surface area (TPSA) is 175 Å². The van der Waals surface area contributed by atoms with Crippen LogP contribution in [0.5, 0.6) is 0 Å². The molecule has 0 saturated heterocycles. The number of hydrogen-bond donors (Lipinski definition) is 3. The van der Waals surface area contributed by atoms with Crippen LogP contribution in [0.4, 0.5) is 102 Å². The smallest absolute Gasteiger partial charge is 0.395 e. The van der Waals surface area contributed by atoms with Gasteiger partial charge in [0.05, 0.1) is 21.7 Å². The van der Waals surface area contributed by atoms with Gasteiger partial charge in [0.25, 0.3) is 11.8 Å². The van der Waals surface area contributed by atoms with Gasteiger partial charge in [-0.15, -0.1) is 0 Å². The number of nitrogen functional groups attached to an aromatic ring is 1. The van der Waals surface area contributed by atoms with Gasteiger partial charge in [-0.05, 0) is 62.1 Å². The normalized spacial score (nSPS) is 12.2. The molecule has 0 fully saturated rings. The first-order valence-corrected chi connectivity index (χ1v) is 17.1. The standard InChI is InChI=1S/C19H10F9N3O3.C19H12F9N3O.CH4/c1-7-3-9(17(22,18(23,24)25)19(26,27)28)4-8(2)14(7)30-16(32)10-5-12(20)11(6-29)15(13(10)21)31(33)34;1-7-3-9(17(22,18(23,24)25)19(26,27)28)4-8(2)15(7)31-16(32)10-5-12(20)11(6-29)14(30)13(10)21;/h3-5H,1-2H3,(H,30,32);3-5H,30H2,1-2H3,(H,31,32);1H4. The maximum atomic E-state index is 14.5. The van der Waals surface area contributed by atoms with Crippen molar-refractivity contribution in [2.24, 2.45) is 0 Å². The second-order valence-corrected chi connectivity index (χ2v) is 13.6. The predicted molar refractivity (Wildman–Crippen MR) is 197 cm³/mol. The Morgan fingerprint density at radius 2 is 0.851 bits per heavy atom. The van der Waals surface area contributed by atoms with Crippen molar-refractivity contribution in [2.75, 3.05) is 16.4 Å². The van der Waals surface area contributed by atoms with Crippen LogP contribution >= 0.6 is 0 Å². The van der Waals surface area contributed by atoms with E-state index in [9.17, 15) is 98.7 Å². The molecule has 0 aromatic heterocycles. The fourth-order valence-electron chi connectivity index (χ4n) is 6.04. The molecule has 0 unspecified atom stereocenters. The average molecular weight is 985 g/mol. The summed E-state index contributed by atoms with van der Waals surface area (Å²) < 4.78 is 241. The number of carbonyl (C=O) groups excluding carboxylic acids is 2. The fraction of sp³-hybridized carbons (Fsp3) is 0.282. The van der Waals surface area contributed by atoms with Crippen molar-refractivity contribution in [1.29, 1.82) is 10.5 Å². The number of amides is 2. The van der Waals surface area contributed by atoms with Gasteiger partial charge < -0.3 is 16.4 Å². The van der Waals surface area contributed by atoms with Crippen LogP contribution < -0.4 is 16.4 Å². The summed E-state index contributed by atoms with van der Waals surface area (Å²) in [5.41, 5.74) is -19.6. The fourth-order valence-corrected chi connectivity index (χ4v) is 6.04. The minimum absolute atomic E-state index is 0. The number of hydrogen-bond acceptors (Lipinski definition) is 7. The van der Waals surface area contributed by atoms with Crippen LogP contribution in [0.15, 0.2) is 36.4 Å². The first-order chi connectivity index (χ1) is 29.8. The summed E-state index contributed by atoms with van der Waals surface area (Å²) in [4.78, 5) is 34.3. The summed E-state index contributed by atoms with van der Waals surface area (Å²) in [6.07, 6.45) is -25.5. The lowest BCUT2D eigenvalue weighted by Gasteiger charge is -2.31. The van der Waals surface area contributed by atoms with Crippen LogP contribution in [-0.4, -0.2) is 41.4 Å². The van der Waals surface area contributed by atoms with Crippen LogP contribution in [-0.2, 0) is 11.3 Å². The van der Waals surface area contributed by atoms with E-state index >= 15 is 0 Å². The third-order valence-corrected chi connectivity index (χ3v) is 9.24. The molecule has 67 heavy (non-hydrogen) atoms. The zero-order valence-corrected chi connectivity index (χ0v) is 32.8. The number of rotatable bonds is 7. The number of nitrogens with one attached hydrogen (secondary N) is 2. The first-order valence-electron chi connectivity index (χ1n) is 17.1. The Morgan fingerprint density at radius 1 is 0.567 bits per heavy atom. The molecule has 0 atom stereocenters. The van der Waals surface area contributed by atoms with Crippen LogP contribution in [0, 0.1) is 83.7 Å². The van der Waals surface area contributed by atoms with Gasteiger partial charge >= 0.3 is 41.7 Å². The summed E-state index contributed by atoms with van der Waals surface area (Å²) >= 11 is 0. The number of nitriles is 2. The number of benzene rings is 4. The molecule has 362 valence electrons. The zero-order chi connectivity index (χ0) is 51.2. The summed E-state index contributed by atoms with van der Waals surface area (Å²) in [6.45, 7) is 3.75. The lowest BCUT2D eigenvalue weighted by molar-refractivity contribution is -0.388. The minimum Gasteiger partial charge on any atom is -0.395 e. The summed E-state index contributed by atoms with van der Waals surface area (Å²) in [7, 11) is 0. The van der Waals surface area contributed by atoms with Gasteiger partial charge in [-0.2, -0.15) is 67.6 Å². The molecule has 0 aliphatic rings. The van der Waals surface area contributed by atoms with Gasteiger partial charge in [0.2, 0.25) is 5.82 Å². The van der Waals surface area contributed by atoms with Gasteiger partial charge in [-0.1, -0.05) is 31.7 Å². The van der Waals surface area contributed by atoms with E-state index < -0.39 is 149 Å². The SMILES string of the molecule is C.Cc1cc(C(F)(C(F)(F)F)C(F)(F)F)cc(C)c1NC(=O)c1cc(F)c(C#N)c(N)c1F.Cc1cc(C(F)(C(F)(F)F)C(F)(F)F)cc(C)c1NC(=O)c1cc(F)c(C#N)c([N+](=O)[O-])c1F. The highest BCUT2D eigenvalue weighted by Gasteiger charge is 2.74. The number of aryl methyl sites for hydroxylation is 4. The molecule has 4 rings (SSSR count). The molecule has 0 aliphatic carbocycles. The highest BCUT2D eigenvalue weighted by molar-refractivity contribution is 6.07. The summed E-state index contributed by atoms with van der Waals surface area (Å²) in [5, 5.41) is 32.4. The molecule has 0 bridgehead atoms. The monoisotopic (exact) mass is 984 g/mol. The van der Waals surface area contributed by atoms with Crippen LogP contribution in [0.1, 0.15) is 72.7 Å². The molecule has 10 nitrogen and oxygen atoms in total. The van der Waals surface area contributed by atoms with Gasteiger partial charge in [0.1, 0.15) is 29.3 Å². The average Bonchev–Trinajstić information content (AvgIpc) is 3.17. The maximum absolute atomic E-state index is 14.5. The molecule has 0 heterocycles. The number of nitro groups is 1. The van der Waals surface area contributed by atoms with E-state index in [4.69, 9.17) is 16.3 Å². The lowest BCUT2D eigenvalue weighted by atomic mass is 9.90. The van der Waals surface area contributed by atoms with Gasteiger partial charge in [0, 0.05) is 22.5 Å². The zero-order valence-electron chi connectivity index (χ0n) is 32.8. The van der Waals surface area contributed by atoms with Crippen molar-refractivity contribution in [3.63, 3.8) is 0 Å². The number of carbonyl (C=O) groups is 2. The minimum atomic E-state index is -6.39. The van der Waals surface area contributed by atoms with Gasteiger partial charge in [-0.3, -0.25) is 19.7 Å². The Morgan fingerprint density at radius 3 is 1.12 bits per heavy atom. The van der Waals surface area contributed by atoms with E-state index in [1.807, 2.05) is 10.6 Å². The Hall–Kier alpha value is -7.26. The number of nitrogens with zero attached hydrogens (tertiary/aromatic N) is 3. The molecular formula is C39H26F18N6O4. The molecule has 0 saturated carbocycles. The van der Waals surface area contributed by atoms with Gasteiger partial charge in [-0.25, -0.2) is 22.0 Å². The van der Waals surface area contributed by atoms with Crippen LogP contribution in [0.2, 0.25) is 0 Å². The predicted octanol–water partition coefficient (Wildman–Crippen LogP) is 12.1. The van der Waals surface area contributed by atoms with Crippen LogP contribution in [0.25, 0.3) is 0 Å². The van der Waals surface area contributed by atoms with E-state index in [0.29, 0.717) is 6.07 Å². The number of nitro benzene ring substituents is 1. The Kier molecular flexibility index (Phi) is 15.8.